The van der Waals surface area contributed by atoms with Crippen molar-refractivity contribution in [2.75, 3.05) is 6.61 Å². The summed E-state index contributed by atoms with van der Waals surface area (Å²) in [5.74, 6) is -0.490. The van der Waals surface area contributed by atoms with Crippen molar-refractivity contribution >= 4 is 23.2 Å². The SMILES string of the molecule is CC(c1ccc(OCCCc2nnnn2C(c2ccccc2)(c2ccccc2)c2ccccc2)cc1Cl)C(O)(c1ccnc(Cl)c1)C(F)(F)F. The van der Waals surface area contributed by atoms with Crippen LogP contribution in [-0.2, 0) is 17.6 Å². The van der Waals surface area contributed by atoms with Crippen LogP contribution in [0, 0.1) is 0 Å². The van der Waals surface area contributed by atoms with Crippen molar-refractivity contribution in [1.82, 2.24) is 25.2 Å². The molecule has 7 nitrogen and oxygen atoms in total. The van der Waals surface area contributed by atoms with E-state index in [0.717, 1.165) is 35.0 Å². The molecule has 0 aliphatic rings. The second-order valence-corrected chi connectivity index (χ2v) is 12.6. The Kier molecular flexibility index (Phi) is 10.2. The molecular weight excluding hydrogens is 686 g/mol. The second-order valence-electron chi connectivity index (χ2n) is 11.8. The van der Waals surface area contributed by atoms with Crippen LogP contribution in [0.4, 0.5) is 13.2 Å². The van der Waals surface area contributed by atoms with Crippen LogP contribution in [0.2, 0.25) is 10.2 Å². The third-order valence-electron chi connectivity index (χ3n) is 8.90. The van der Waals surface area contributed by atoms with E-state index >= 15 is 0 Å². The quantitative estimate of drug-likeness (QED) is 0.0774. The number of pyridine rings is 1. The summed E-state index contributed by atoms with van der Waals surface area (Å²) in [5, 5.41) is 24.0. The maximum absolute atomic E-state index is 14.4. The van der Waals surface area contributed by atoms with Gasteiger partial charge in [0.15, 0.2) is 11.4 Å². The minimum absolute atomic E-state index is 0.0140. The van der Waals surface area contributed by atoms with E-state index in [2.05, 4.69) is 56.9 Å². The van der Waals surface area contributed by atoms with Crippen LogP contribution >= 0.6 is 23.2 Å². The van der Waals surface area contributed by atoms with Crippen LogP contribution < -0.4 is 4.74 Å². The highest BCUT2D eigenvalue weighted by Crippen LogP contribution is 2.50. The number of aliphatic hydroxyl groups is 1. The summed E-state index contributed by atoms with van der Waals surface area (Å²) in [7, 11) is 0. The third-order valence-corrected chi connectivity index (χ3v) is 9.44. The molecule has 0 spiro atoms. The Labute approximate surface area is 297 Å². The van der Waals surface area contributed by atoms with Crippen molar-refractivity contribution in [2.24, 2.45) is 0 Å². The smallest absolute Gasteiger partial charge is 0.422 e. The number of aryl methyl sites for hydroxylation is 1. The number of rotatable bonds is 12. The molecule has 2 unspecified atom stereocenters. The molecule has 2 aromatic heterocycles. The molecule has 0 saturated carbocycles. The van der Waals surface area contributed by atoms with Crippen molar-refractivity contribution in [2.45, 2.75) is 43.0 Å². The highest BCUT2D eigenvalue weighted by Gasteiger charge is 2.59. The summed E-state index contributed by atoms with van der Waals surface area (Å²) in [5.41, 5.74) is -1.55. The fourth-order valence-electron chi connectivity index (χ4n) is 6.42. The predicted molar refractivity (Wildman–Crippen MR) is 185 cm³/mol. The lowest BCUT2D eigenvalue weighted by atomic mass is 9.77. The van der Waals surface area contributed by atoms with Crippen LogP contribution in [0.1, 0.15) is 52.9 Å². The Morgan fingerprint density at radius 3 is 1.88 bits per heavy atom. The van der Waals surface area contributed by atoms with Gasteiger partial charge >= 0.3 is 6.18 Å². The molecule has 12 heteroatoms. The van der Waals surface area contributed by atoms with Gasteiger partial charge in [-0.2, -0.15) is 13.2 Å². The van der Waals surface area contributed by atoms with Crippen molar-refractivity contribution in [3.8, 4) is 5.75 Å². The number of alkyl halides is 3. The highest BCUT2D eigenvalue weighted by atomic mass is 35.5. The summed E-state index contributed by atoms with van der Waals surface area (Å²) in [6, 6.07) is 36.7. The van der Waals surface area contributed by atoms with Crippen LogP contribution in [0.3, 0.4) is 0 Å². The topological polar surface area (TPSA) is 86.0 Å². The zero-order chi connectivity index (χ0) is 35.4. The molecule has 0 aliphatic heterocycles. The fraction of sp³-hybridized carbons (Fsp3) is 0.211. The molecule has 0 fully saturated rings. The lowest BCUT2D eigenvalue weighted by Gasteiger charge is -2.37. The van der Waals surface area contributed by atoms with Gasteiger partial charge < -0.3 is 9.84 Å². The first-order valence-electron chi connectivity index (χ1n) is 15.8. The van der Waals surface area contributed by atoms with E-state index in [1.165, 1.54) is 25.1 Å². The molecule has 256 valence electrons. The molecule has 1 N–H and O–H groups in total. The zero-order valence-electron chi connectivity index (χ0n) is 26.8. The van der Waals surface area contributed by atoms with Crippen LogP contribution in [0.5, 0.6) is 5.75 Å². The van der Waals surface area contributed by atoms with E-state index in [9.17, 15) is 18.3 Å². The average Bonchev–Trinajstić information content (AvgIpc) is 3.59. The number of nitrogens with zero attached hydrogens (tertiary/aromatic N) is 5. The maximum atomic E-state index is 14.4. The van der Waals surface area contributed by atoms with Gasteiger partial charge in [-0.3, -0.25) is 0 Å². The van der Waals surface area contributed by atoms with Crippen molar-refractivity contribution in [3.63, 3.8) is 0 Å². The summed E-state index contributed by atoms with van der Waals surface area (Å²) in [4.78, 5) is 3.74. The van der Waals surface area contributed by atoms with Gasteiger partial charge in [0, 0.05) is 23.6 Å². The number of benzene rings is 4. The Morgan fingerprint density at radius 1 is 0.780 bits per heavy atom. The molecule has 6 aromatic rings. The molecule has 2 heterocycles. The predicted octanol–water partition coefficient (Wildman–Crippen LogP) is 8.78. The molecule has 4 aromatic carbocycles. The van der Waals surface area contributed by atoms with Gasteiger partial charge in [0.05, 0.1) is 6.61 Å². The largest absolute Gasteiger partial charge is 0.494 e. The summed E-state index contributed by atoms with van der Waals surface area (Å²) >= 11 is 12.4. The molecule has 6 rings (SSSR count). The van der Waals surface area contributed by atoms with Gasteiger partial charge in [-0.25, -0.2) is 9.67 Å². The van der Waals surface area contributed by atoms with Crippen LogP contribution in [-0.4, -0.2) is 43.1 Å². The Balaban J connectivity index is 1.23. The molecule has 0 saturated heterocycles. The summed E-state index contributed by atoms with van der Waals surface area (Å²) in [6.45, 7) is 1.50. The minimum atomic E-state index is -5.04. The number of hydrogen-bond acceptors (Lipinski definition) is 6. The Bertz CT molecular complexity index is 1930. The second kappa shape index (κ2) is 14.6. The van der Waals surface area contributed by atoms with E-state index in [-0.39, 0.29) is 22.3 Å². The maximum Gasteiger partial charge on any atom is 0.422 e. The van der Waals surface area contributed by atoms with Crippen molar-refractivity contribution < 1.29 is 23.0 Å². The summed E-state index contributed by atoms with van der Waals surface area (Å²) < 4.78 is 51.0. The minimum Gasteiger partial charge on any atom is -0.494 e. The van der Waals surface area contributed by atoms with E-state index in [4.69, 9.17) is 27.9 Å². The average molecular weight is 719 g/mol. The number of aromatic nitrogens is 5. The first-order valence-corrected chi connectivity index (χ1v) is 16.6. The third kappa shape index (κ3) is 6.58. The zero-order valence-corrected chi connectivity index (χ0v) is 28.3. The lowest BCUT2D eigenvalue weighted by molar-refractivity contribution is -0.274. The van der Waals surface area contributed by atoms with E-state index in [0.29, 0.717) is 24.4 Å². The standard InChI is InChI=1S/C38H32Cl2F3N5O2/c1-26(37(49,38(41,42)43)30-21-22-44-34(40)24-30)32-20-19-31(25-33(32)39)50-23-11-18-35-45-46-47-48(35)36(27-12-5-2-6-13-27,28-14-7-3-8-15-28)29-16-9-4-10-17-29/h2-10,12-17,19-22,24-26,49H,11,18,23H2,1H3. The van der Waals surface area contributed by atoms with E-state index < -0.39 is 28.8 Å². The molecule has 0 amide bonds. The first-order chi connectivity index (χ1) is 24.1. The molecule has 0 aliphatic carbocycles. The highest BCUT2D eigenvalue weighted by molar-refractivity contribution is 6.31. The number of ether oxygens (including phenoxy) is 1. The molecule has 50 heavy (non-hydrogen) atoms. The van der Waals surface area contributed by atoms with Gasteiger partial charge in [-0.05, 0) is 68.9 Å². The number of tetrazole rings is 1. The van der Waals surface area contributed by atoms with E-state index in [1.807, 2.05) is 59.3 Å². The molecule has 2 atom stereocenters. The number of halogens is 5. The monoisotopic (exact) mass is 717 g/mol. The normalized spacial score (nSPS) is 13.8. The van der Waals surface area contributed by atoms with Crippen molar-refractivity contribution in [1.29, 1.82) is 0 Å². The van der Waals surface area contributed by atoms with Gasteiger partial charge in [0.1, 0.15) is 16.4 Å². The number of hydrogen-bond donors (Lipinski definition) is 1. The van der Waals surface area contributed by atoms with Crippen LogP contribution in [0.15, 0.2) is 128 Å². The van der Waals surface area contributed by atoms with Crippen molar-refractivity contribution in [3.05, 3.63) is 171 Å². The van der Waals surface area contributed by atoms with E-state index in [1.54, 1.807) is 0 Å². The molecule has 0 radical (unpaired) electrons. The Morgan fingerprint density at radius 2 is 1.36 bits per heavy atom. The summed E-state index contributed by atoms with van der Waals surface area (Å²) in [6.07, 6.45) is -2.95. The fourth-order valence-corrected chi connectivity index (χ4v) is 6.93. The lowest BCUT2D eigenvalue weighted by Crippen LogP contribution is -2.46. The van der Waals surface area contributed by atoms with Gasteiger partial charge in [-0.15, -0.1) is 5.10 Å². The van der Waals surface area contributed by atoms with Crippen LogP contribution in [0.25, 0.3) is 0 Å². The Hall–Kier alpha value is -4.77. The molecular formula is C38H32Cl2F3N5O2. The molecule has 0 bridgehead atoms. The first kappa shape index (κ1) is 35.1. The van der Waals surface area contributed by atoms with Gasteiger partial charge in [0.25, 0.3) is 0 Å². The van der Waals surface area contributed by atoms with Gasteiger partial charge in [-0.1, -0.05) is 127 Å². The van der Waals surface area contributed by atoms with Gasteiger partial charge in [0.2, 0.25) is 0 Å².